The quantitative estimate of drug-likeness (QED) is 0.370. The molecule has 2 heterocycles. The second-order valence-corrected chi connectivity index (χ2v) is 7.92. The van der Waals surface area contributed by atoms with Crippen LogP contribution < -0.4 is 10.6 Å². The molecule has 1 aliphatic rings. The van der Waals surface area contributed by atoms with Crippen molar-refractivity contribution in [3.63, 3.8) is 0 Å². The van der Waals surface area contributed by atoms with Crippen LogP contribution in [-0.4, -0.2) is 72.5 Å². The van der Waals surface area contributed by atoms with Gasteiger partial charge in [0.2, 0.25) is 5.91 Å². The summed E-state index contributed by atoms with van der Waals surface area (Å²) < 4.78 is 0. The van der Waals surface area contributed by atoms with Crippen molar-refractivity contribution in [2.24, 2.45) is 4.99 Å². The molecule has 9 heteroatoms. The second kappa shape index (κ2) is 11.0. The zero-order chi connectivity index (χ0) is 18.4. The number of carbonyl (C=O) groups excluding carboxylic acids is 1. The van der Waals surface area contributed by atoms with E-state index in [1.165, 1.54) is 4.88 Å². The van der Waals surface area contributed by atoms with Crippen molar-refractivity contribution in [3.05, 3.63) is 15.6 Å². The largest absolute Gasteiger partial charge is 0.353 e. The van der Waals surface area contributed by atoms with Gasteiger partial charge in [0.05, 0.1) is 23.8 Å². The van der Waals surface area contributed by atoms with E-state index in [9.17, 15) is 4.79 Å². The highest BCUT2D eigenvalue weighted by Gasteiger charge is 2.21. The van der Waals surface area contributed by atoms with Crippen LogP contribution in [0.2, 0.25) is 0 Å². The predicted molar refractivity (Wildman–Crippen MR) is 118 cm³/mol. The Morgan fingerprint density at radius 1 is 1.27 bits per heavy atom. The Labute approximate surface area is 177 Å². The van der Waals surface area contributed by atoms with Crippen LogP contribution in [0.5, 0.6) is 0 Å². The molecule has 0 saturated carbocycles. The van der Waals surface area contributed by atoms with E-state index in [-0.39, 0.29) is 35.9 Å². The van der Waals surface area contributed by atoms with Crippen molar-refractivity contribution in [2.45, 2.75) is 40.3 Å². The molecule has 0 atom stereocenters. The summed E-state index contributed by atoms with van der Waals surface area (Å²) in [6.07, 6.45) is 0. The standard InChI is InChI=1S/C17H30N6OS.HI/c1-12(2)20-16(24)11-22-6-8-23(9-7-22)17(18-5)19-10-15-13(3)21-14(4)25-15;/h12H,6-11H2,1-5H3,(H,18,19)(H,20,24);1H. The lowest BCUT2D eigenvalue weighted by Crippen LogP contribution is -2.54. The summed E-state index contributed by atoms with van der Waals surface area (Å²) in [5, 5.41) is 7.48. The highest BCUT2D eigenvalue weighted by Crippen LogP contribution is 2.16. The zero-order valence-corrected chi connectivity index (χ0v) is 19.5. The third-order valence-electron chi connectivity index (χ3n) is 4.11. The first kappa shape index (κ1) is 23.1. The maximum absolute atomic E-state index is 11.9. The molecule has 2 rings (SSSR count). The number of guanidine groups is 1. The number of aromatic nitrogens is 1. The van der Waals surface area contributed by atoms with Gasteiger partial charge in [-0.2, -0.15) is 0 Å². The molecule has 0 aromatic carbocycles. The minimum atomic E-state index is 0. The molecule has 0 unspecified atom stereocenters. The van der Waals surface area contributed by atoms with E-state index in [2.05, 4.69) is 30.4 Å². The van der Waals surface area contributed by atoms with Crippen LogP contribution in [0, 0.1) is 13.8 Å². The molecule has 0 bridgehead atoms. The van der Waals surface area contributed by atoms with E-state index in [0.29, 0.717) is 6.54 Å². The van der Waals surface area contributed by atoms with E-state index in [4.69, 9.17) is 0 Å². The summed E-state index contributed by atoms with van der Waals surface area (Å²) in [4.78, 5) is 26.4. The molecule has 0 spiro atoms. The topological polar surface area (TPSA) is 72.9 Å². The minimum absolute atomic E-state index is 0. The first-order valence-electron chi connectivity index (χ1n) is 8.79. The number of thiazole rings is 1. The first-order valence-corrected chi connectivity index (χ1v) is 9.61. The molecule has 1 fully saturated rings. The zero-order valence-electron chi connectivity index (χ0n) is 16.3. The van der Waals surface area contributed by atoms with Crippen LogP contribution in [0.3, 0.4) is 0 Å². The van der Waals surface area contributed by atoms with E-state index in [1.807, 2.05) is 34.7 Å². The lowest BCUT2D eigenvalue weighted by Gasteiger charge is -2.36. The van der Waals surface area contributed by atoms with Crippen LogP contribution in [-0.2, 0) is 11.3 Å². The molecule has 0 aliphatic carbocycles. The Morgan fingerprint density at radius 2 is 1.92 bits per heavy atom. The van der Waals surface area contributed by atoms with Crippen LogP contribution in [0.4, 0.5) is 0 Å². The van der Waals surface area contributed by atoms with Crippen molar-refractivity contribution in [1.29, 1.82) is 0 Å². The fraction of sp³-hybridized carbons (Fsp3) is 0.706. The lowest BCUT2D eigenvalue weighted by atomic mass is 10.3. The van der Waals surface area contributed by atoms with Crippen LogP contribution in [0.15, 0.2) is 4.99 Å². The van der Waals surface area contributed by atoms with Gasteiger partial charge < -0.3 is 15.5 Å². The molecule has 2 N–H and O–H groups in total. The van der Waals surface area contributed by atoms with E-state index >= 15 is 0 Å². The third-order valence-corrected chi connectivity index (χ3v) is 5.18. The summed E-state index contributed by atoms with van der Waals surface area (Å²) in [6, 6.07) is 0.190. The number of rotatable bonds is 5. The second-order valence-electron chi connectivity index (χ2n) is 6.63. The SMILES string of the molecule is CN=C(NCc1sc(C)nc1C)N1CCN(CC(=O)NC(C)C)CC1.I. The summed E-state index contributed by atoms with van der Waals surface area (Å²) in [6.45, 7) is 12.7. The molecule has 0 radical (unpaired) electrons. The van der Waals surface area contributed by atoms with Gasteiger partial charge in [0.1, 0.15) is 0 Å². The Balaban J connectivity index is 0.00000338. The highest BCUT2D eigenvalue weighted by molar-refractivity contribution is 14.0. The van der Waals surface area contributed by atoms with Gasteiger partial charge >= 0.3 is 0 Å². The van der Waals surface area contributed by atoms with Gasteiger partial charge in [0, 0.05) is 44.1 Å². The van der Waals surface area contributed by atoms with Gasteiger partial charge in [0.15, 0.2) is 5.96 Å². The van der Waals surface area contributed by atoms with Crippen molar-refractivity contribution in [2.75, 3.05) is 39.8 Å². The van der Waals surface area contributed by atoms with Crippen LogP contribution in [0.1, 0.15) is 29.4 Å². The maximum Gasteiger partial charge on any atom is 0.234 e. The predicted octanol–water partition coefficient (Wildman–Crippen LogP) is 1.60. The fourth-order valence-electron chi connectivity index (χ4n) is 2.92. The average Bonchev–Trinajstić information content (AvgIpc) is 2.86. The number of nitrogens with one attached hydrogen (secondary N) is 2. The summed E-state index contributed by atoms with van der Waals surface area (Å²) in [5.74, 6) is 1.01. The number of piperazine rings is 1. The lowest BCUT2D eigenvalue weighted by molar-refractivity contribution is -0.123. The molecule has 1 aliphatic heterocycles. The highest BCUT2D eigenvalue weighted by atomic mass is 127. The third kappa shape index (κ3) is 6.99. The molecule has 7 nitrogen and oxygen atoms in total. The van der Waals surface area contributed by atoms with Crippen molar-refractivity contribution < 1.29 is 4.79 Å². The van der Waals surface area contributed by atoms with Crippen LogP contribution in [0.25, 0.3) is 0 Å². The number of aryl methyl sites for hydroxylation is 2. The number of nitrogens with zero attached hydrogens (tertiary/aromatic N) is 4. The first-order chi connectivity index (χ1) is 11.9. The summed E-state index contributed by atoms with van der Waals surface area (Å²) >= 11 is 1.73. The average molecular weight is 494 g/mol. The molecule has 26 heavy (non-hydrogen) atoms. The number of amides is 1. The van der Waals surface area contributed by atoms with Gasteiger partial charge in [-0.15, -0.1) is 35.3 Å². The van der Waals surface area contributed by atoms with Crippen LogP contribution >= 0.6 is 35.3 Å². The smallest absolute Gasteiger partial charge is 0.234 e. The fourth-order valence-corrected chi connectivity index (χ4v) is 3.79. The monoisotopic (exact) mass is 494 g/mol. The van der Waals surface area contributed by atoms with Crippen molar-refractivity contribution in [3.8, 4) is 0 Å². The van der Waals surface area contributed by atoms with E-state index in [0.717, 1.165) is 49.4 Å². The molecular weight excluding hydrogens is 463 g/mol. The van der Waals surface area contributed by atoms with Gasteiger partial charge in [0.25, 0.3) is 0 Å². The Morgan fingerprint density at radius 3 is 2.42 bits per heavy atom. The maximum atomic E-state index is 11.9. The summed E-state index contributed by atoms with van der Waals surface area (Å²) in [5.41, 5.74) is 1.09. The van der Waals surface area contributed by atoms with Gasteiger partial charge in [-0.3, -0.25) is 14.7 Å². The molecule has 1 amide bonds. The number of halogens is 1. The Bertz CT molecular complexity index is 610. The van der Waals surface area contributed by atoms with E-state index in [1.54, 1.807) is 11.3 Å². The molecule has 148 valence electrons. The normalized spacial score (nSPS) is 15.8. The van der Waals surface area contributed by atoms with E-state index < -0.39 is 0 Å². The number of carbonyl (C=O) groups is 1. The molecule has 1 aromatic heterocycles. The Hall–Kier alpha value is -0.940. The summed E-state index contributed by atoms with van der Waals surface area (Å²) in [7, 11) is 1.82. The number of hydrogen-bond acceptors (Lipinski definition) is 5. The number of aliphatic imine (C=N–C) groups is 1. The molecule has 1 aromatic rings. The Kier molecular flexibility index (Phi) is 9.80. The van der Waals surface area contributed by atoms with Crippen molar-refractivity contribution in [1.82, 2.24) is 25.4 Å². The molecule has 1 saturated heterocycles. The van der Waals surface area contributed by atoms with Gasteiger partial charge in [-0.25, -0.2) is 4.98 Å². The van der Waals surface area contributed by atoms with Gasteiger partial charge in [-0.1, -0.05) is 0 Å². The number of hydrogen-bond donors (Lipinski definition) is 2. The van der Waals surface area contributed by atoms with Gasteiger partial charge in [-0.05, 0) is 27.7 Å². The molecular formula is C17H31IN6OS. The van der Waals surface area contributed by atoms with Crippen molar-refractivity contribution >= 4 is 47.2 Å². The minimum Gasteiger partial charge on any atom is -0.353 e.